The second-order valence-electron chi connectivity index (χ2n) is 8.50. The van der Waals surface area contributed by atoms with Gasteiger partial charge in [-0.3, -0.25) is 0 Å². The minimum absolute atomic E-state index is 0.259. The number of nitriles is 1. The smallest absolute Gasteiger partial charge is 0.0978 e. The normalized spacial score (nSPS) is 21.0. The van der Waals surface area contributed by atoms with Gasteiger partial charge in [0.1, 0.15) is 0 Å². The Morgan fingerprint density at radius 3 is 2.42 bits per heavy atom. The van der Waals surface area contributed by atoms with Crippen LogP contribution in [0.3, 0.4) is 0 Å². The molecule has 0 unspecified atom stereocenters. The topological polar surface area (TPSA) is 52.9 Å². The van der Waals surface area contributed by atoms with Gasteiger partial charge in [-0.25, -0.2) is 8.93 Å². The van der Waals surface area contributed by atoms with Gasteiger partial charge in [-0.1, -0.05) is 30.9 Å². The molecule has 0 amide bonds. The summed E-state index contributed by atoms with van der Waals surface area (Å²) in [5.41, 5.74) is -0.793. The number of rotatable bonds is 6. The summed E-state index contributed by atoms with van der Waals surface area (Å²) in [5.74, 6) is 0. The molecular weight excluding hydrogens is 452 g/mol. The molecule has 0 bridgehead atoms. The van der Waals surface area contributed by atoms with E-state index >= 15 is 0 Å². The molecule has 1 fully saturated rings. The summed E-state index contributed by atoms with van der Waals surface area (Å²) in [6, 6.07) is 4.49. The second-order valence-corrected chi connectivity index (χ2v) is 13.3. The SMILES string of the molecule is CC(C)(C)[S@@](=O)N[C@@](C)(CCC1(C#N)CCCCC1)c1sc(Br)cc1Cl. The van der Waals surface area contributed by atoms with Gasteiger partial charge in [-0.2, -0.15) is 5.26 Å². The highest BCUT2D eigenvalue weighted by Gasteiger charge is 2.39. The van der Waals surface area contributed by atoms with E-state index in [2.05, 4.69) is 33.6 Å². The average Bonchev–Trinajstić information content (AvgIpc) is 2.92. The van der Waals surface area contributed by atoms with Crippen LogP contribution in [0.2, 0.25) is 5.02 Å². The largest absolute Gasteiger partial charge is 0.242 e. The molecule has 0 aromatic carbocycles. The van der Waals surface area contributed by atoms with E-state index in [1.807, 2.05) is 26.8 Å². The van der Waals surface area contributed by atoms with Crippen LogP contribution in [0.5, 0.6) is 0 Å². The molecule has 3 nitrogen and oxygen atoms in total. The third-order valence-electron chi connectivity index (χ3n) is 5.18. The maximum absolute atomic E-state index is 12.9. The zero-order valence-electron chi connectivity index (χ0n) is 16.0. The van der Waals surface area contributed by atoms with Crippen LogP contribution in [0, 0.1) is 16.7 Å². The lowest BCUT2D eigenvalue weighted by Gasteiger charge is -2.37. The molecule has 1 aromatic heterocycles. The molecule has 0 radical (unpaired) electrons. The molecule has 1 saturated carbocycles. The first-order valence-corrected chi connectivity index (χ1v) is 12.2. The fraction of sp³-hybridized carbons (Fsp3) is 0.737. The Kier molecular flexibility index (Phi) is 7.41. The van der Waals surface area contributed by atoms with Crippen molar-refractivity contribution in [1.82, 2.24) is 4.72 Å². The van der Waals surface area contributed by atoms with Crippen molar-refractivity contribution >= 4 is 49.9 Å². The monoisotopic (exact) mass is 478 g/mol. The molecule has 0 saturated heterocycles. The van der Waals surface area contributed by atoms with Crippen molar-refractivity contribution in [3.05, 3.63) is 19.8 Å². The minimum Gasteiger partial charge on any atom is -0.242 e. The lowest BCUT2D eigenvalue weighted by atomic mass is 9.70. The molecule has 2 rings (SSSR count). The summed E-state index contributed by atoms with van der Waals surface area (Å²) in [6.45, 7) is 7.94. The quantitative estimate of drug-likeness (QED) is 0.494. The van der Waals surface area contributed by atoms with E-state index in [0.717, 1.165) is 47.2 Å². The predicted octanol–water partition coefficient (Wildman–Crippen LogP) is 6.69. The zero-order chi connectivity index (χ0) is 19.6. The average molecular weight is 480 g/mol. The summed E-state index contributed by atoms with van der Waals surface area (Å²) in [5, 5.41) is 10.5. The van der Waals surface area contributed by atoms with Crippen LogP contribution in [0.25, 0.3) is 0 Å². The lowest BCUT2D eigenvalue weighted by molar-refractivity contribution is 0.218. The fourth-order valence-corrected chi connectivity index (χ4v) is 6.66. The number of nitrogens with one attached hydrogen (secondary N) is 1. The van der Waals surface area contributed by atoms with Crippen LogP contribution in [0.1, 0.15) is 77.5 Å². The molecule has 7 heteroatoms. The van der Waals surface area contributed by atoms with Crippen molar-refractivity contribution in [2.24, 2.45) is 5.41 Å². The lowest BCUT2D eigenvalue weighted by Crippen LogP contribution is -2.46. The second kappa shape index (κ2) is 8.61. The van der Waals surface area contributed by atoms with Crippen molar-refractivity contribution in [1.29, 1.82) is 5.26 Å². The number of nitrogens with zero attached hydrogens (tertiary/aromatic N) is 1. The highest BCUT2D eigenvalue weighted by atomic mass is 79.9. The third-order valence-corrected chi connectivity index (χ3v) is 9.24. The van der Waals surface area contributed by atoms with Crippen LogP contribution in [-0.2, 0) is 16.5 Å². The Bertz CT molecular complexity index is 701. The van der Waals surface area contributed by atoms with E-state index in [1.54, 1.807) is 11.3 Å². The molecular formula is C19H28BrClN2OS2. The van der Waals surface area contributed by atoms with Crippen LogP contribution in [0.15, 0.2) is 9.85 Å². The van der Waals surface area contributed by atoms with Crippen molar-refractivity contribution in [2.75, 3.05) is 0 Å². The predicted molar refractivity (Wildman–Crippen MR) is 116 cm³/mol. The highest BCUT2D eigenvalue weighted by Crippen LogP contribution is 2.46. The van der Waals surface area contributed by atoms with Gasteiger partial charge in [0.2, 0.25) is 0 Å². The first kappa shape index (κ1) is 22.4. The van der Waals surface area contributed by atoms with Gasteiger partial charge >= 0.3 is 0 Å². The summed E-state index contributed by atoms with van der Waals surface area (Å²) in [6.07, 6.45) is 6.91. The van der Waals surface area contributed by atoms with Crippen molar-refractivity contribution in [3.8, 4) is 6.07 Å². The minimum atomic E-state index is -1.23. The highest BCUT2D eigenvalue weighted by molar-refractivity contribution is 9.11. The molecule has 1 heterocycles. The van der Waals surface area contributed by atoms with Gasteiger partial charge in [0, 0.05) is 4.88 Å². The Hall–Kier alpha value is 0.0700. The molecule has 146 valence electrons. The molecule has 2 atom stereocenters. The van der Waals surface area contributed by atoms with Gasteiger partial charge in [0.25, 0.3) is 0 Å². The number of thiophene rings is 1. The molecule has 0 aliphatic heterocycles. The van der Waals surface area contributed by atoms with Crippen LogP contribution in [-0.4, -0.2) is 8.96 Å². The van der Waals surface area contributed by atoms with E-state index in [4.69, 9.17) is 11.6 Å². The van der Waals surface area contributed by atoms with E-state index < -0.39 is 16.5 Å². The van der Waals surface area contributed by atoms with E-state index in [9.17, 15) is 9.47 Å². The van der Waals surface area contributed by atoms with E-state index in [1.165, 1.54) is 6.42 Å². The zero-order valence-corrected chi connectivity index (χ0v) is 19.9. The fourth-order valence-electron chi connectivity index (χ4n) is 3.42. The van der Waals surface area contributed by atoms with E-state index in [0.29, 0.717) is 5.02 Å². The maximum atomic E-state index is 12.9. The van der Waals surface area contributed by atoms with Gasteiger partial charge in [-0.15, -0.1) is 11.3 Å². The first-order chi connectivity index (χ1) is 12.0. The van der Waals surface area contributed by atoms with Gasteiger partial charge in [0.05, 0.1) is 41.6 Å². The van der Waals surface area contributed by atoms with Crippen LogP contribution in [0.4, 0.5) is 0 Å². The molecule has 1 N–H and O–H groups in total. The number of halogens is 2. The standard InChI is InChI=1S/C19H28BrClN2OS2/c1-17(2,3)26(24)23-18(4,16-14(21)12-15(20)25-16)10-11-19(13-22)8-6-5-7-9-19/h12,23H,5-11H2,1-4H3/t18-,26+/m0/s1. The molecule has 1 aliphatic carbocycles. The molecule has 1 aromatic rings. The molecule has 26 heavy (non-hydrogen) atoms. The van der Waals surface area contributed by atoms with Crippen molar-refractivity contribution in [3.63, 3.8) is 0 Å². The Morgan fingerprint density at radius 2 is 1.96 bits per heavy atom. The summed E-state index contributed by atoms with van der Waals surface area (Å²) < 4.78 is 16.8. The summed E-state index contributed by atoms with van der Waals surface area (Å²) in [4.78, 5) is 0.979. The Morgan fingerprint density at radius 1 is 1.35 bits per heavy atom. The Balaban J connectivity index is 2.30. The van der Waals surface area contributed by atoms with Crippen LogP contribution >= 0.6 is 38.9 Å². The third kappa shape index (κ3) is 5.32. The van der Waals surface area contributed by atoms with Crippen molar-refractivity contribution < 1.29 is 4.21 Å². The van der Waals surface area contributed by atoms with Crippen LogP contribution < -0.4 is 4.72 Å². The molecule has 1 aliphatic rings. The van der Waals surface area contributed by atoms with Crippen molar-refractivity contribution in [2.45, 2.75) is 82.9 Å². The van der Waals surface area contributed by atoms with E-state index in [-0.39, 0.29) is 10.2 Å². The number of hydrogen-bond donors (Lipinski definition) is 1. The van der Waals surface area contributed by atoms with Gasteiger partial charge < -0.3 is 0 Å². The first-order valence-electron chi connectivity index (χ1n) is 9.08. The Labute approximate surface area is 177 Å². The maximum Gasteiger partial charge on any atom is 0.0978 e. The number of hydrogen-bond acceptors (Lipinski definition) is 3. The van der Waals surface area contributed by atoms with Gasteiger partial charge in [-0.05, 0) is 75.4 Å². The van der Waals surface area contributed by atoms with Gasteiger partial charge in [0.15, 0.2) is 0 Å². The summed E-state index contributed by atoms with van der Waals surface area (Å²) in [7, 11) is -1.23. The molecule has 0 spiro atoms. The summed E-state index contributed by atoms with van der Waals surface area (Å²) >= 11 is 11.6.